The van der Waals surface area contributed by atoms with Crippen LogP contribution in [0.2, 0.25) is 5.02 Å². The second-order valence-corrected chi connectivity index (χ2v) is 11.0. The van der Waals surface area contributed by atoms with Crippen LogP contribution >= 0.6 is 22.9 Å². The predicted octanol–water partition coefficient (Wildman–Crippen LogP) is 3.63. The van der Waals surface area contributed by atoms with Crippen molar-refractivity contribution in [2.24, 2.45) is 0 Å². The molecule has 0 saturated heterocycles. The van der Waals surface area contributed by atoms with Crippen molar-refractivity contribution < 1.29 is 22.7 Å². The van der Waals surface area contributed by atoms with E-state index in [-0.39, 0.29) is 21.4 Å². The monoisotopic (exact) mass is 567 g/mol. The fourth-order valence-corrected chi connectivity index (χ4v) is 5.73. The Morgan fingerprint density at radius 2 is 1.84 bits per heavy atom. The number of carbonyl (C=O) groups excluding carboxylic acids is 1. The van der Waals surface area contributed by atoms with E-state index in [9.17, 15) is 13.2 Å². The van der Waals surface area contributed by atoms with E-state index in [1.807, 2.05) is 24.4 Å². The number of sulfonamides is 1. The van der Waals surface area contributed by atoms with Crippen LogP contribution < -0.4 is 24.1 Å². The summed E-state index contributed by atoms with van der Waals surface area (Å²) in [7, 11) is 2.27. The number of nitrogens with zero attached hydrogens (tertiary/aromatic N) is 4. The van der Waals surface area contributed by atoms with E-state index >= 15 is 0 Å². The van der Waals surface area contributed by atoms with Gasteiger partial charge in [-0.3, -0.25) is 14.1 Å². The molecule has 0 atom stereocenters. The third kappa shape index (κ3) is 6.63. The maximum absolute atomic E-state index is 14.0. The van der Waals surface area contributed by atoms with Gasteiger partial charge < -0.3 is 14.4 Å². The molecule has 200 valence electrons. The molecule has 3 aromatic rings. The zero-order chi connectivity index (χ0) is 27.2. The molecule has 0 aliphatic rings. The molecule has 0 fully saturated rings. The van der Waals surface area contributed by atoms with Crippen molar-refractivity contribution in [3.8, 4) is 11.5 Å². The molecule has 0 spiro atoms. The minimum absolute atomic E-state index is 0.0808. The average Bonchev–Trinajstić information content (AvgIpc) is 3.41. The normalized spacial score (nSPS) is 11.2. The minimum atomic E-state index is -4.26. The Bertz CT molecular complexity index is 1320. The van der Waals surface area contributed by atoms with Gasteiger partial charge in [-0.1, -0.05) is 11.6 Å². The number of ether oxygens (including phenoxy) is 2. The first-order valence-corrected chi connectivity index (χ1v) is 14.0. The van der Waals surface area contributed by atoms with E-state index in [1.54, 1.807) is 30.6 Å². The predicted molar refractivity (Wildman–Crippen MR) is 146 cm³/mol. The SMILES string of the molecule is CCN(NCc1cscn1)C(=O)CN(c1cc(N(C)C)ccc1Cl)S(=O)(=O)c1ccc(OC)c(OC)c1. The Morgan fingerprint density at radius 1 is 1.11 bits per heavy atom. The molecule has 0 radical (unpaired) electrons. The lowest BCUT2D eigenvalue weighted by Gasteiger charge is -2.29. The third-order valence-corrected chi connectivity index (χ3v) is 8.20. The largest absolute Gasteiger partial charge is 0.493 e. The number of benzene rings is 2. The first kappa shape index (κ1) is 28.5. The molecule has 0 unspecified atom stereocenters. The van der Waals surface area contributed by atoms with Crippen molar-refractivity contribution in [1.82, 2.24) is 15.4 Å². The van der Waals surface area contributed by atoms with Gasteiger partial charge in [0.2, 0.25) is 0 Å². The number of hydrogen-bond acceptors (Lipinski definition) is 9. The molecule has 1 aromatic heterocycles. The lowest BCUT2D eigenvalue weighted by atomic mass is 10.2. The second kappa shape index (κ2) is 12.5. The summed E-state index contributed by atoms with van der Waals surface area (Å²) in [6, 6.07) is 9.25. The Kier molecular flexibility index (Phi) is 9.60. The number of thiazole rings is 1. The van der Waals surface area contributed by atoms with Crippen LogP contribution in [-0.4, -0.2) is 65.7 Å². The van der Waals surface area contributed by atoms with E-state index in [4.69, 9.17) is 21.1 Å². The highest BCUT2D eigenvalue weighted by Gasteiger charge is 2.31. The zero-order valence-electron chi connectivity index (χ0n) is 21.3. The van der Waals surface area contributed by atoms with Gasteiger partial charge in [0.15, 0.2) is 11.5 Å². The van der Waals surface area contributed by atoms with Crippen molar-refractivity contribution >= 4 is 50.2 Å². The van der Waals surface area contributed by atoms with Crippen molar-refractivity contribution in [2.45, 2.75) is 18.4 Å². The average molecular weight is 568 g/mol. The number of nitrogens with one attached hydrogen (secondary N) is 1. The summed E-state index contributed by atoms with van der Waals surface area (Å²) in [6.07, 6.45) is 0. The maximum Gasteiger partial charge on any atom is 0.264 e. The van der Waals surface area contributed by atoms with Gasteiger partial charge in [-0.05, 0) is 37.3 Å². The van der Waals surface area contributed by atoms with Gasteiger partial charge in [0.05, 0.1) is 47.6 Å². The van der Waals surface area contributed by atoms with Crippen LogP contribution in [0.1, 0.15) is 12.6 Å². The van der Waals surface area contributed by atoms with Gasteiger partial charge in [0.25, 0.3) is 15.9 Å². The molecule has 1 N–H and O–H groups in total. The van der Waals surface area contributed by atoms with Crippen LogP contribution in [0.4, 0.5) is 11.4 Å². The Morgan fingerprint density at radius 3 is 2.43 bits per heavy atom. The lowest BCUT2D eigenvalue weighted by Crippen LogP contribution is -2.48. The van der Waals surface area contributed by atoms with Crippen LogP contribution in [0.3, 0.4) is 0 Å². The number of likely N-dealkylation sites (N-methyl/N-ethyl adjacent to an activating group) is 1. The quantitative estimate of drug-likeness (QED) is 0.331. The van der Waals surface area contributed by atoms with Crippen molar-refractivity contribution in [3.63, 3.8) is 0 Å². The van der Waals surface area contributed by atoms with Gasteiger partial charge in [-0.15, -0.1) is 11.3 Å². The Balaban J connectivity index is 2.04. The van der Waals surface area contributed by atoms with Crippen LogP contribution in [0.25, 0.3) is 0 Å². The topological polar surface area (TPSA) is 104 Å². The van der Waals surface area contributed by atoms with Crippen LogP contribution in [0, 0.1) is 0 Å². The van der Waals surface area contributed by atoms with Gasteiger partial charge >= 0.3 is 0 Å². The minimum Gasteiger partial charge on any atom is -0.493 e. The molecular weight excluding hydrogens is 538 g/mol. The van der Waals surface area contributed by atoms with Crippen LogP contribution in [0.15, 0.2) is 52.2 Å². The lowest BCUT2D eigenvalue weighted by molar-refractivity contribution is -0.132. The highest BCUT2D eigenvalue weighted by molar-refractivity contribution is 7.92. The van der Waals surface area contributed by atoms with Gasteiger partial charge in [-0.25, -0.2) is 18.8 Å². The van der Waals surface area contributed by atoms with E-state index in [0.29, 0.717) is 24.5 Å². The Hall–Kier alpha value is -3.06. The van der Waals surface area contributed by atoms with Crippen LogP contribution in [-0.2, 0) is 21.4 Å². The molecule has 1 amide bonds. The summed E-state index contributed by atoms with van der Waals surface area (Å²) < 4.78 is 39.5. The molecule has 37 heavy (non-hydrogen) atoms. The van der Waals surface area contributed by atoms with Gasteiger partial charge in [0.1, 0.15) is 6.54 Å². The molecule has 2 aromatic carbocycles. The Labute approximate surface area is 226 Å². The number of halogens is 1. The molecule has 1 heterocycles. The van der Waals surface area contributed by atoms with Crippen molar-refractivity contribution in [1.29, 1.82) is 0 Å². The zero-order valence-corrected chi connectivity index (χ0v) is 23.7. The van der Waals surface area contributed by atoms with E-state index in [1.165, 1.54) is 48.8 Å². The second-order valence-electron chi connectivity index (χ2n) is 8.01. The number of methoxy groups -OCH3 is 2. The molecule has 0 aliphatic carbocycles. The number of amides is 1. The first-order valence-electron chi connectivity index (χ1n) is 11.2. The number of anilines is 2. The van der Waals surface area contributed by atoms with E-state index in [0.717, 1.165) is 10.00 Å². The summed E-state index contributed by atoms with van der Waals surface area (Å²) >= 11 is 7.95. The highest BCUT2D eigenvalue weighted by atomic mass is 35.5. The highest BCUT2D eigenvalue weighted by Crippen LogP contribution is 2.36. The fourth-order valence-electron chi connectivity index (χ4n) is 3.46. The number of aromatic nitrogens is 1. The molecule has 0 aliphatic heterocycles. The number of hydrogen-bond donors (Lipinski definition) is 1. The molecular formula is C24H30ClN5O5S2. The standard InChI is InChI=1S/C24H30ClN5O5S2/c1-6-29(27-13-17-15-36-16-26-17)24(31)14-30(21-11-18(28(2)3)7-9-20(21)25)37(32,33)19-8-10-22(34-4)23(12-19)35-5/h7-12,15-16,27H,6,13-14H2,1-5H3. The number of rotatable bonds is 12. The molecule has 0 saturated carbocycles. The smallest absolute Gasteiger partial charge is 0.264 e. The maximum atomic E-state index is 14.0. The molecule has 13 heteroatoms. The molecule has 3 rings (SSSR count). The summed E-state index contributed by atoms with van der Waals surface area (Å²) in [5, 5.41) is 3.41. The summed E-state index contributed by atoms with van der Waals surface area (Å²) in [6.45, 7) is 1.92. The number of hydrazine groups is 1. The summed E-state index contributed by atoms with van der Waals surface area (Å²) in [5.74, 6) is 0.149. The molecule has 10 nitrogen and oxygen atoms in total. The third-order valence-electron chi connectivity index (χ3n) is 5.49. The van der Waals surface area contributed by atoms with Gasteiger partial charge in [0, 0.05) is 37.8 Å². The van der Waals surface area contributed by atoms with E-state index in [2.05, 4.69) is 10.4 Å². The van der Waals surface area contributed by atoms with Crippen molar-refractivity contribution in [2.75, 3.05) is 50.6 Å². The summed E-state index contributed by atoms with van der Waals surface area (Å²) in [4.78, 5) is 19.3. The first-order chi connectivity index (χ1) is 17.6. The van der Waals surface area contributed by atoms with Crippen LogP contribution in [0.5, 0.6) is 11.5 Å². The van der Waals surface area contributed by atoms with Gasteiger partial charge in [-0.2, -0.15) is 0 Å². The fraction of sp³-hybridized carbons (Fsp3) is 0.333. The summed E-state index contributed by atoms with van der Waals surface area (Å²) in [5.41, 5.74) is 6.39. The van der Waals surface area contributed by atoms with Crippen molar-refractivity contribution in [3.05, 3.63) is 58.0 Å². The van der Waals surface area contributed by atoms with E-state index < -0.39 is 22.5 Å². The molecule has 0 bridgehead atoms. The number of carbonyl (C=O) groups is 1.